The van der Waals surface area contributed by atoms with Crippen LogP contribution < -0.4 is 0 Å². The summed E-state index contributed by atoms with van der Waals surface area (Å²) >= 11 is 0. The van der Waals surface area contributed by atoms with Gasteiger partial charge in [-0.2, -0.15) is 0 Å². The highest BCUT2D eigenvalue weighted by molar-refractivity contribution is 6.06. The number of alkyl halides is 1. The first kappa shape index (κ1) is 7.46. The molecule has 0 aromatic carbocycles. The van der Waals surface area contributed by atoms with Crippen LogP contribution in [0, 0.1) is 11.8 Å². The van der Waals surface area contributed by atoms with Gasteiger partial charge < -0.3 is 4.74 Å². The van der Waals surface area contributed by atoms with Crippen molar-refractivity contribution in [2.45, 2.75) is 5.67 Å². The molecule has 0 amide bonds. The van der Waals surface area contributed by atoms with E-state index in [1.807, 2.05) is 0 Å². The van der Waals surface area contributed by atoms with E-state index in [9.17, 15) is 14.0 Å². The maximum Gasteiger partial charge on any atom is 0.345 e. The maximum absolute atomic E-state index is 13.5. The lowest BCUT2D eigenvalue weighted by Crippen LogP contribution is -2.25. The molecule has 3 atom stereocenters. The highest BCUT2D eigenvalue weighted by Crippen LogP contribution is 2.58. The van der Waals surface area contributed by atoms with E-state index in [-0.39, 0.29) is 5.78 Å². The fraction of sp³-hybridized carbons (Fsp3) is 0.500. The number of rotatable bonds is 1. The van der Waals surface area contributed by atoms with Crippen LogP contribution in [0.15, 0.2) is 12.2 Å². The van der Waals surface area contributed by atoms with Crippen LogP contribution in [0.25, 0.3) is 0 Å². The summed E-state index contributed by atoms with van der Waals surface area (Å²) in [5, 5.41) is 0. The predicted octanol–water partition coefficient (Wildman–Crippen LogP) is 0.253. The molecule has 0 unspecified atom stereocenters. The Kier molecular flexibility index (Phi) is 1.21. The lowest BCUT2D eigenvalue weighted by Gasteiger charge is -2.04. The molecule has 1 fully saturated rings. The number of ether oxygens (including phenoxy) is 1. The van der Waals surface area contributed by atoms with Crippen molar-refractivity contribution < 1.29 is 18.7 Å². The first-order valence-electron chi connectivity index (χ1n) is 3.61. The summed E-state index contributed by atoms with van der Waals surface area (Å²) in [6.45, 7) is 0. The summed E-state index contributed by atoms with van der Waals surface area (Å²) < 4.78 is 17.8. The molecular weight excluding hydrogens is 163 g/mol. The molecule has 1 saturated carbocycles. The van der Waals surface area contributed by atoms with Crippen molar-refractivity contribution in [2.75, 3.05) is 7.11 Å². The maximum atomic E-state index is 13.5. The first-order chi connectivity index (χ1) is 5.62. The van der Waals surface area contributed by atoms with E-state index in [0.29, 0.717) is 0 Å². The second kappa shape index (κ2) is 1.94. The average Bonchev–Trinajstić information content (AvgIpc) is 2.44. The van der Waals surface area contributed by atoms with E-state index in [2.05, 4.69) is 4.74 Å². The molecule has 0 heterocycles. The predicted molar refractivity (Wildman–Crippen MR) is 37.0 cm³/mol. The molecule has 2 aliphatic rings. The largest absolute Gasteiger partial charge is 0.467 e. The number of ketones is 1. The van der Waals surface area contributed by atoms with Crippen LogP contribution in [-0.4, -0.2) is 24.5 Å². The first-order valence-corrected chi connectivity index (χ1v) is 3.61. The van der Waals surface area contributed by atoms with Crippen molar-refractivity contribution >= 4 is 11.8 Å². The summed E-state index contributed by atoms with van der Waals surface area (Å²) in [6, 6.07) is 0. The molecule has 2 rings (SSSR count). The molecule has 4 heteroatoms. The number of halogens is 1. The topological polar surface area (TPSA) is 43.4 Å². The van der Waals surface area contributed by atoms with Gasteiger partial charge in [-0.3, -0.25) is 4.79 Å². The Hall–Kier alpha value is -1.19. The van der Waals surface area contributed by atoms with E-state index < -0.39 is 23.5 Å². The van der Waals surface area contributed by atoms with Crippen molar-refractivity contribution in [2.24, 2.45) is 11.8 Å². The summed E-state index contributed by atoms with van der Waals surface area (Å²) in [7, 11) is 1.12. The molecule has 0 aliphatic heterocycles. The summed E-state index contributed by atoms with van der Waals surface area (Å²) in [6.07, 6.45) is 2.75. The van der Waals surface area contributed by atoms with Gasteiger partial charge in [-0.1, -0.05) is 6.08 Å². The van der Waals surface area contributed by atoms with Gasteiger partial charge in [0.05, 0.1) is 13.0 Å². The summed E-state index contributed by atoms with van der Waals surface area (Å²) in [5.74, 6) is -2.62. The molecule has 12 heavy (non-hydrogen) atoms. The van der Waals surface area contributed by atoms with E-state index in [4.69, 9.17) is 0 Å². The van der Waals surface area contributed by atoms with Crippen molar-refractivity contribution in [1.82, 2.24) is 0 Å². The standard InChI is InChI=1S/C8H7FO3/c1-12-7(11)8(9)4-2-3-5(10)6(4)8/h2-4,6H,1H3/t4-,6-,8-/m0/s1. The molecule has 0 aromatic heterocycles. The van der Waals surface area contributed by atoms with Gasteiger partial charge in [0.25, 0.3) is 0 Å². The third kappa shape index (κ3) is 0.605. The van der Waals surface area contributed by atoms with Crippen LogP contribution in [-0.2, 0) is 14.3 Å². The molecule has 0 radical (unpaired) electrons. The zero-order valence-corrected chi connectivity index (χ0v) is 6.41. The Bertz CT molecular complexity index is 297. The van der Waals surface area contributed by atoms with Crippen molar-refractivity contribution in [3.05, 3.63) is 12.2 Å². The fourth-order valence-electron chi connectivity index (χ4n) is 1.74. The number of hydrogen-bond donors (Lipinski definition) is 0. The third-order valence-corrected chi connectivity index (χ3v) is 2.46. The molecule has 3 nitrogen and oxygen atoms in total. The van der Waals surface area contributed by atoms with Gasteiger partial charge in [-0.25, -0.2) is 9.18 Å². The van der Waals surface area contributed by atoms with E-state index in [1.54, 1.807) is 0 Å². The van der Waals surface area contributed by atoms with Crippen LogP contribution in [0.1, 0.15) is 0 Å². The monoisotopic (exact) mass is 170 g/mol. The van der Waals surface area contributed by atoms with E-state index >= 15 is 0 Å². The van der Waals surface area contributed by atoms with Gasteiger partial charge in [0.15, 0.2) is 5.78 Å². The average molecular weight is 170 g/mol. The zero-order chi connectivity index (χ0) is 8.93. The highest BCUT2D eigenvalue weighted by atomic mass is 19.1. The Morgan fingerprint density at radius 1 is 1.75 bits per heavy atom. The van der Waals surface area contributed by atoms with Gasteiger partial charge in [0, 0.05) is 5.92 Å². The zero-order valence-electron chi connectivity index (χ0n) is 6.41. The van der Waals surface area contributed by atoms with Crippen molar-refractivity contribution in [3.63, 3.8) is 0 Å². The third-order valence-electron chi connectivity index (χ3n) is 2.46. The van der Waals surface area contributed by atoms with Crippen LogP contribution >= 0.6 is 0 Å². The van der Waals surface area contributed by atoms with Crippen LogP contribution in [0.3, 0.4) is 0 Å². The minimum Gasteiger partial charge on any atom is -0.467 e. The minimum atomic E-state index is -2.05. The summed E-state index contributed by atoms with van der Waals surface area (Å²) in [5.41, 5.74) is -2.05. The van der Waals surface area contributed by atoms with E-state index in [0.717, 1.165) is 7.11 Å². The van der Waals surface area contributed by atoms with Gasteiger partial charge in [-0.05, 0) is 6.08 Å². The van der Waals surface area contributed by atoms with E-state index in [1.165, 1.54) is 12.2 Å². The van der Waals surface area contributed by atoms with Crippen molar-refractivity contribution in [3.8, 4) is 0 Å². The molecule has 64 valence electrons. The van der Waals surface area contributed by atoms with Crippen molar-refractivity contribution in [1.29, 1.82) is 0 Å². The number of methoxy groups -OCH3 is 1. The van der Waals surface area contributed by atoms with Crippen LogP contribution in [0.4, 0.5) is 4.39 Å². The van der Waals surface area contributed by atoms with Crippen LogP contribution in [0.5, 0.6) is 0 Å². The fourth-order valence-corrected chi connectivity index (χ4v) is 1.74. The molecule has 0 saturated heterocycles. The Morgan fingerprint density at radius 2 is 2.42 bits per heavy atom. The molecular formula is C8H7FO3. The second-order valence-corrected chi connectivity index (χ2v) is 3.02. The molecule has 0 bridgehead atoms. The Morgan fingerprint density at radius 3 is 2.83 bits per heavy atom. The van der Waals surface area contributed by atoms with Gasteiger partial charge in [-0.15, -0.1) is 0 Å². The van der Waals surface area contributed by atoms with Gasteiger partial charge in [0.1, 0.15) is 0 Å². The summed E-state index contributed by atoms with van der Waals surface area (Å²) in [4.78, 5) is 21.8. The van der Waals surface area contributed by atoms with Crippen LogP contribution in [0.2, 0.25) is 0 Å². The second-order valence-electron chi connectivity index (χ2n) is 3.02. The Labute approximate surface area is 68.2 Å². The molecule has 0 spiro atoms. The lowest BCUT2D eigenvalue weighted by molar-refractivity contribution is -0.150. The number of hydrogen-bond acceptors (Lipinski definition) is 3. The highest BCUT2D eigenvalue weighted by Gasteiger charge is 2.75. The number of esters is 1. The smallest absolute Gasteiger partial charge is 0.345 e. The molecule has 2 aliphatic carbocycles. The minimum absolute atomic E-state index is 0.312. The molecule has 0 aromatic rings. The van der Waals surface area contributed by atoms with Gasteiger partial charge in [0.2, 0.25) is 5.67 Å². The number of fused-ring (bicyclic) bond motifs is 1. The van der Waals surface area contributed by atoms with Gasteiger partial charge >= 0.3 is 5.97 Å². The SMILES string of the molecule is COC(=O)[C@@]1(F)[C@@H]2C(=O)C=C[C@@H]21. The normalized spacial score (nSPS) is 42.7. The number of carbonyl (C=O) groups excluding carboxylic acids is 2. The number of carbonyl (C=O) groups is 2. The number of allylic oxidation sites excluding steroid dienone is 2. The quantitative estimate of drug-likeness (QED) is 0.530. The lowest BCUT2D eigenvalue weighted by atomic mass is 10.2. The molecule has 0 N–H and O–H groups in total. The Balaban J connectivity index is 2.25.